The van der Waals surface area contributed by atoms with E-state index in [9.17, 15) is 9.59 Å². The van der Waals surface area contributed by atoms with Gasteiger partial charge in [0.05, 0.1) is 21.3 Å². The van der Waals surface area contributed by atoms with Crippen LogP contribution in [0.2, 0.25) is 0 Å². The molecular weight excluding hydrogens is 454 g/mol. The molecule has 1 aliphatic carbocycles. The van der Waals surface area contributed by atoms with Gasteiger partial charge in [0.25, 0.3) is 0 Å². The van der Waals surface area contributed by atoms with Gasteiger partial charge in [-0.3, -0.25) is 14.6 Å². The van der Waals surface area contributed by atoms with Crippen LogP contribution in [0.5, 0.6) is 11.5 Å². The number of nitrogens with zero attached hydrogens (tertiary/aromatic N) is 1. The molecule has 0 N–H and O–H groups in total. The average molecular weight is 484 g/mol. The number of fused-ring (bicyclic) bond motifs is 1. The summed E-state index contributed by atoms with van der Waals surface area (Å²) in [6, 6.07) is 19.9. The Bertz CT molecular complexity index is 1410. The molecule has 0 spiro atoms. The second-order valence-corrected chi connectivity index (χ2v) is 9.30. The molecule has 0 radical (unpaired) electrons. The van der Waals surface area contributed by atoms with E-state index in [0.29, 0.717) is 35.6 Å². The van der Waals surface area contributed by atoms with Gasteiger partial charge in [-0.1, -0.05) is 48.5 Å². The predicted octanol–water partition coefficient (Wildman–Crippen LogP) is 5.61. The van der Waals surface area contributed by atoms with Crippen molar-refractivity contribution in [2.45, 2.75) is 31.6 Å². The molecule has 3 aromatic rings. The Morgan fingerprint density at radius 3 is 2.42 bits per heavy atom. The van der Waals surface area contributed by atoms with Gasteiger partial charge < -0.3 is 14.2 Å². The molecule has 6 heteroatoms. The van der Waals surface area contributed by atoms with E-state index in [1.165, 1.54) is 7.11 Å². The lowest BCUT2D eigenvalue weighted by atomic mass is 9.68. The zero-order valence-electron chi connectivity index (χ0n) is 20.9. The van der Waals surface area contributed by atoms with E-state index in [-0.39, 0.29) is 17.7 Å². The van der Waals surface area contributed by atoms with Crippen molar-refractivity contribution in [1.82, 2.24) is 0 Å². The molecule has 1 unspecified atom stereocenters. The molecule has 6 nitrogen and oxygen atoms in total. The van der Waals surface area contributed by atoms with Crippen LogP contribution in [0.25, 0.3) is 10.8 Å². The summed E-state index contributed by atoms with van der Waals surface area (Å²) in [5, 5.41) is 2.09. The Morgan fingerprint density at radius 1 is 0.917 bits per heavy atom. The van der Waals surface area contributed by atoms with Gasteiger partial charge >= 0.3 is 5.97 Å². The third-order valence-electron chi connectivity index (χ3n) is 7.38. The maximum absolute atomic E-state index is 13.8. The van der Waals surface area contributed by atoms with Crippen LogP contribution < -0.4 is 9.47 Å². The van der Waals surface area contributed by atoms with Crippen molar-refractivity contribution in [2.75, 3.05) is 21.3 Å². The highest BCUT2D eigenvalue weighted by molar-refractivity contribution is 6.10. The summed E-state index contributed by atoms with van der Waals surface area (Å²) >= 11 is 0. The number of rotatable bonds is 5. The van der Waals surface area contributed by atoms with Crippen molar-refractivity contribution >= 4 is 28.2 Å². The maximum atomic E-state index is 13.8. The molecule has 0 saturated carbocycles. The fraction of sp³-hybridized carbons (Fsp3) is 0.300. The number of aliphatic imine (C=N–C) groups is 1. The van der Waals surface area contributed by atoms with Gasteiger partial charge in [0, 0.05) is 29.3 Å². The second kappa shape index (κ2) is 9.61. The van der Waals surface area contributed by atoms with Crippen molar-refractivity contribution in [3.63, 3.8) is 0 Å². The Labute approximate surface area is 210 Å². The van der Waals surface area contributed by atoms with Gasteiger partial charge in [0.1, 0.15) is 5.92 Å². The molecule has 184 valence electrons. The van der Waals surface area contributed by atoms with Crippen molar-refractivity contribution in [3.8, 4) is 11.5 Å². The Hall–Kier alpha value is -3.93. The van der Waals surface area contributed by atoms with Crippen LogP contribution >= 0.6 is 0 Å². The van der Waals surface area contributed by atoms with Crippen LogP contribution in [-0.2, 0) is 14.3 Å². The molecule has 5 rings (SSSR count). The summed E-state index contributed by atoms with van der Waals surface area (Å²) < 4.78 is 16.1. The van der Waals surface area contributed by atoms with E-state index in [4.69, 9.17) is 19.2 Å². The zero-order chi connectivity index (χ0) is 25.4. The second-order valence-electron chi connectivity index (χ2n) is 9.30. The van der Waals surface area contributed by atoms with Gasteiger partial charge in [-0.05, 0) is 53.3 Å². The minimum absolute atomic E-state index is 0.0131. The number of hydrogen-bond acceptors (Lipinski definition) is 6. The molecule has 0 bridgehead atoms. The number of ketones is 1. The van der Waals surface area contributed by atoms with Crippen LogP contribution in [0.1, 0.15) is 42.7 Å². The summed E-state index contributed by atoms with van der Waals surface area (Å²) in [6.45, 7) is 1.86. The summed E-state index contributed by atoms with van der Waals surface area (Å²) in [5.41, 5.74) is 3.99. The van der Waals surface area contributed by atoms with Crippen molar-refractivity contribution in [3.05, 3.63) is 83.1 Å². The first-order valence-corrected chi connectivity index (χ1v) is 12.1. The average Bonchev–Trinajstić information content (AvgIpc) is 2.91. The Kier molecular flexibility index (Phi) is 6.35. The van der Waals surface area contributed by atoms with E-state index in [0.717, 1.165) is 27.6 Å². The zero-order valence-corrected chi connectivity index (χ0v) is 20.9. The van der Waals surface area contributed by atoms with Crippen molar-refractivity contribution < 1.29 is 23.8 Å². The topological polar surface area (TPSA) is 74.2 Å². The lowest BCUT2D eigenvalue weighted by molar-refractivity contribution is -0.143. The monoisotopic (exact) mass is 483 g/mol. The van der Waals surface area contributed by atoms with Gasteiger partial charge in [0.2, 0.25) is 0 Å². The largest absolute Gasteiger partial charge is 0.493 e. The quantitative estimate of drug-likeness (QED) is 0.441. The summed E-state index contributed by atoms with van der Waals surface area (Å²) in [6.07, 6.45) is 0.932. The molecule has 1 heterocycles. The minimum Gasteiger partial charge on any atom is -0.493 e. The molecule has 0 aromatic heterocycles. The van der Waals surface area contributed by atoms with E-state index < -0.39 is 11.8 Å². The SMILES string of the molecule is COC(=O)C1C(C)=NC2=C(C(=O)C[C@@H](c3ccc(OC)c(OC)c3)C2)[C@@H]1c1cccc2ccccc12. The van der Waals surface area contributed by atoms with Gasteiger partial charge in [-0.2, -0.15) is 0 Å². The molecule has 3 atom stereocenters. The number of ether oxygens (including phenoxy) is 3. The first kappa shape index (κ1) is 23.8. The fourth-order valence-electron chi connectivity index (χ4n) is 5.69. The van der Waals surface area contributed by atoms with E-state index in [1.807, 2.05) is 67.6 Å². The molecule has 0 saturated heterocycles. The van der Waals surface area contributed by atoms with Crippen LogP contribution in [0.3, 0.4) is 0 Å². The number of carbonyl (C=O) groups excluding carboxylic acids is 2. The standard InChI is InChI=1S/C30H29NO5/c1-17-27(30(33)36-4)28(22-11-7-9-18-8-5-6-10-21(18)22)29-23(31-17)14-20(15-24(29)32)19-12-13-25(34-2)26(16-19)35-3/h5-13,16,20,27-28H,14-15H2,1-4H3/t20-,27?,28+/m0/s1. The normalized spacial score (nSPS) is 21.6. The number of hydrogen-bond donors (Lipinski definition) is 0. The number of benzene rings is 3. The smallest absolute Gasteiger partial charge is 0.315 e. The molecule has 0 amide bonds. The first-order chi connectivity index (χ1) is 17.5. The van der Waals surface area contributed by atoms with Crippen molar-refractivity contribution in [2.24, 2.45) is 10.9 Å². The lowest BCUT2D eigenvalue weighted by Gasteiger charge is -2.36. The lowest BCUT2D eigenvalue weighted by Crippen LogP contribution is -2.37. The number of Topliss-reactive ketones (excluding diaryl/α,β-unsaturated/α-hetero) is 1. The van der Waals surface area contributed by atoms with E-state index >= 15 is 0 Å². The van der Waals surface area contributed by atoms with Crippen molar-refractivity contribution in [1.29, 1.82) is 0 Å². The number of allylic oxidation sites excluding steroid dienone is 2. The molecule has 3 aromatic carbocycles. The van der Waals surface area contributed by atoms with E-state index in [1.54, 1.807) is 14.2 Å². The molecule has 36 heavy (non-hydrogen) atoms. The minimum atomic E-state index is -0.652. The van der Waals surface area contributed by atoms with Gasteiger partial charge in [0.15, 0.2) is 17.3 Å². The third-order valence-corrected chi connectivity index (χ3v) is 7.38. The third kappa shape index (κ3) is 3.96. The first-order valence-electron chi connectivity index (χ1n) is 12.1. The molecular formula is C30H29NO5. The molecule has 0 fully saturated rings. The van der Waals surface area contributed by atoms with Crippen LogP contribution in [0.4, 0.5) is 0 Å². The van der Waals surface area contributed by atoms with Crippen LogP contribution in [0, 0.1) is 5.92 Å². The molecule has 2 aliphatic rings. The summed E-state index contributed by atoms with van der Waals surface area (Å²) in [4.78, 5) is 31.7. The maximum Gasteiger partial charge on any atom is 0.315 e. The highest BCUT2D eigenvalue weighted by Gasteiger charge is 2.45. The Morgan fingerprint density at radius 2 is 1.67 bits per heavy atom. The fourth-order valence-corrected chi connectivity index (χ4v) is 5.69. The number of methoxy groups -OCH3 is 3. The van der Waals surface area contributed by atoms with Gasteiger partial charge in [-0.25, -0.2) is 0 Å². The van der Waals surface area contributed by atoms with Crippen LogP contribution in [0.15, 0.2) is 76.9 Å². The molecule has 1 aliphatic heterocycles. The van der Waals surface area contributed by atoms with E-state index in [2.05, 4.69) is 0 Å². The number of esters is 1. The summed E-state index contributed by atoms with van der Waals surface area (Å²) in [5.74, 6) is -0.238. The summed E-state index contributed by atoms with van der Waals surface area (Å²) in [7, 11) is 4.59. The highest BCUT2D eigenvalue weighted by Crippen LogP contribution is 2.48. The number of carbonyl (C=O) groups is 2. The van der Waals surface area contributed by atoms with Crippen LogP contribution in [-0.4, -0.2) is 38.8 Å². The Balaban J connectivity index is 1.64. The predicted molar refractivity (Wildman–Crippen MR) is 139 cm³/mol. The highest BCUT2D eigenvalue weighted by atomic mass is 16.5. The van der Waals surface area contributed by atoms with Gasteiger partial charge in [-0.15, -0.1) is 0 Å².